The standard InChI is InChI=1S/C15H15ClO3/c1-17-14-7-6-11(8-15(14)18-2)10-19-13-5-3-4-12(16)9-13/h3-9H,10H2,1-2H3. The van der Waals surface area contributed by atoms with E-state index in [0.717, 1.165) is 11.3 Å². The van der Waals surface area contributed by atoms with Gasteiger partial charge in [0.25, 0.3) is 0 Å². The SMILES string of the molecule is COc1ccc(COc2cccc(Cl)c2)cc1OC. The van der Waals surface area contributed by atoms with Crippen molar-refractivity contribution in [3.63, 3.8) is 0 Å². The first kappa shape index (κ1) is 13.6. The third kappa shape index (κ3) is 3.55. The average molecular weight is 279 g/mol. The molecule has 2 aromatic rings. The largest absolute Gasteiger partial charge is 0.493 e. The third-order valence-electron chi connectivity index (χ3n) is 2.65. The Morgan fingerprint density at radius 3 is 2.42 bits per heavy atom. The summed E-state index contributed by atoms with van der Waals surface area (Å²) in [5.41, 5.74) is 0.998. The number of rotatable bonds is 5. The van der Waals surface area contributed by atoms with E-state index >= 15 is 0 Å². The Morgan fingerprint density at radius 1 is 0.947 bits per heavy atom. The molecule has 2 aromatic carbocycles. The van der Waals surface area contributed by atoms with E-state index in [-0.39, 0.29) is 0 Å². The summed E-state index contributed by atoms with van der Waals surface area (Å²) in [6, 6.07) is 13.0. The van der Waals surface area contributed by atoms with Crippen molar-refractivity contribution in [1.82, 2.24) is 0 Å². The van der Waals surface area contributed by atoms with Gasteiger partial charge in [-0.3, -0.25) is 0 Å². The molecule has 0 radical (unpaired) electrons. The summed E-state index contributed by atoms with van der Waals surface area (Å²) < 4.78 is 16.1. The fourth-order valence-electron chi connectivity index (χ4n) is 1.69. The monoisotopic (exact) mass is 278 g/mol. The Morgan fingerprint density at radius 2 is 1.74 bits per heavy atom. The minimum absolute atomic E-state index is 0.445. The van der Waals surface area contributed by atoms with Crippen molar-refractivity contribution >= 4 is 11.6 Å². The van der Waals surface area contributed by atoms with E-state index in [2.05, 4.69) is 0 Å². The van der Waals surface area contributed by atoms with Crippen LogP contribution in [-0.4, -0.2) is 14.2 Å². The number of halogens is 1. The van der Waals surface area contributed by atoms with E-state index in [1.165, 1.54) is 0 Å². The molecule has 2 rings (SSSR count). The summed E-state index contributed by atoms with van der Waals surface area (Å²) >= 11 is 5.90. The normalized spacial score (nSPS) is 10.1. The molecule has 4 heteroatoms. The van der Waals surface area contributed by atoms with Gasteiger partial charge in [-0.25, -0.2) is 0 Å². The molecule has 0 saturated heterocycles. The smallest absolute Gasteiger partial charge is 0.161 e. The van der Waals surface area contributed by atoms with Crippen molar-refractivity contribution in [3.05, 3.63) is 53.1 Å². The van der Waals surface area contributed by atoms with Gasteiger partial charge in [-0.15, -0.1) is 0 Å². The van der Waals surface area contributed by atoms with Crippen LogP contribution in [0.1, 0.15) is 5.56 Å². The highest BCUT2D eigenvalue weighted by atomic mass is 35.5. The number of ether oxygens (including phenoxy) is 3. The van der Waals surface area contributed by atoms with E-state index in [1.807, 2.05) is 36.4 Å². The Bertz CT molecular complexity index is 555. The van der Waals surface area contributed by atoms with Crippen molar-refractivity contribution in [2.24, 2.45) is 0 Å². The van der Waals surface area contributed by atoms with Gasteiger partial charge in [0.05, 0.1) is 14.2 Å². The molecule has 0 atom stereocenters. The molecule has 0 aliphatic rings. The predicted octanol–water partition coefficient (Wildman–Crippen LogP) is 3.94. The topological polar surface area (TPSA) is 27.7 Å². The average Bonchev–Trinajstić information content (AvgIpc) is 2.45. The second-order valence-corrected chi connectivity index (χ2v) is 4.37. The number of methoxy groups -OCH3 is 2. The fourth-order valence-corrected chi connectivity index (χ4v) is 1.87. The lowest BCUT2D eigenvalue weighted by Gasteiger charge is -2.10. The van der Waals surface area contributed by atoms with E-state index < -0.39 is 0 Å². The minimum Gasteiger partial charge on any atom is -0.493 e. The van der Waals surface area contributed by atoms with Gasteiger partial charge in [-0.05, 0) is 35.9 Å². The molecule has 19 heavy (non-hydrogen) atoms. The highest BCUT2D eigenvalue weighted by Crippen LogP contribution is 2.28. The fraction of sp³-hybridized carbons (Fsp3) is 0.200. The molecule has 0 amide bonds. The molecular weight excluding hydrogens is 264 g/mol. The molecule has 0 aromatic heterocycles. The molecule has 0 bridgehead atoms. The van der Waals surface area contributed by atoms with Crippen LogP contribution < -0.4 is 14.2 Å². The maximum atomic E-state index is 5.90. The maximum absolute atomic E-state index is 5.90. The predicted molar refractivity (Wildman–Crippen MR) is 75.3 cm³/mol. The van der Waals surface area contributed by atoms with Gasteiger partial charge in [0.1, 0.15) is 12.4 Å². The molecule has 0 saturated carbocycles. The lowest BCUT2D eigenvalue weighted by molar-refractivity contribution is 0.304. The van der Waals surface area contributed by atoms with Gasteiger partial charge in [-0.1, -0.05) is 23.7 Å². The molecule has 100 valence electrons. The highest BCUT2D eigenvalue weighted by Gasteiger charge is 2.05. The van der Waals surface area contributed by atoms with Crippen molar-refractivity contribution in [2.75, 3.05) is 14.2 Å². The summed E-state index contributed by atoms with van der Waals surface area (Å²) in [6.45, 7) is 0.445. The van der Waals surface area contributed by atoms with Crippen LogP contribution in [0.2, 0.25) is 5.02 Å². The molecule has 0 unspecified atom stereocenters. The van der Waals surface area contributed by atoms with Gasteiger partial charge in [0.2, 0.25) is 0 Å². The number of hydrogen-bond acceptors (Lipinski definition) is 3. The van der Waals surface area contributed by atoms with Crippen LogP contribution >= 0.6 is 11.6 Å². The van der Waals surface area contributed by atoms with Crippen LogP contribution in [0.5, 0.6) is 17.2 Å². The summed E-state index contributed by atoms with van der Waals surface area (Å²) in [5.74, 6) is 2.13. The van der Waals surface area contributed by atoms with Crippen LogP contribution in [-0.2, 0) is 6.61 Å². The molecule has 0 heterocycles. The van der Waals surface area contributed by atoms with Crippen molar-refractivity contribution in [2.45, 2.75) is 6.61 Å². The third-order valence-corrected chi connectivity index (χ3v) is 2.88. The van der Waals surface area contributed by atoms with Gasteiger partial charge in [-0.2, -0.15) is 0 Å². The van der Waals surface area contributed by atoms with Crippen molar-refractivity contribution in [1.29, 1.82) is 0 Å². The van der Waals surface area contributed by atoms with E-state index in [0.29, 0.717) is 23.1 Å². The summed E-state index contributed by atoms with van der Waals surface area (Å²) in [4.78, 5) is 0. The van der Waals surface area contributed by atoms with Gasteiger partial charge in [0.15, 0.2) is 11.5 Å². The zero-order valence-electron chi connectivity index (χ0n) is 10.9. The zero-order chi connectivity index (χ0) is 13.7. The first-order valence-corrected chi connectivity index (χ1v) is 6.20. The van der Waals surface area contributed by atoms with E-state index in [9.17, 15) is 0 Å². The van der Waals surface area contributed by atoms with Crippen LogP contribution in [0.3, 0.4) is 0 Å². The number of hydrogen-bond donors (Lipinski definition) is 0. The molecule has 3 nitrogen and oxygen atoms in total. The molecule has 0 aliphatic heterocycles. The second kappa shape index (κ2) is 6.34. The lowest BCUT2D eigenvalue weighted by Crippen LogP contribution is -1.97. The minimum atomic E-state index is 0.445. The Kier molecular flexibility index (Phi) is 4.53. The van der Waals surface area contributed by atoms with Crippen LogP contribution in [0, 0.1) is 0 Å². The summed E-state index contributed by atoms with van der Waals surface area (Å²) in [6.07, 6.45) is 0. The Balaban J connectivity index is 2.07. The van der Waals surface area contributed by atoms with Crippen LogP contribution in [0.15, 0.2) is 42.5 Å². The first-order chi connectivity index (χ1) is 9.22. The van der Waals surface area contributed by atoms with Crippen LogP contribution in [0.4, 0.5) is 0 Å². The number of benzene rings is 2. The van der Waals surface area contributed by atoms with Gasteiger partial charge >= 0.3 is 0 Å². The quantitative estimate of drug-likeness (QED) is 0.829. The van der Waals surface area contributed by atoms with E-state index in [1.54, 1.807) is 20.3 Å². The molecule has 0 N–H and O–H groups in total. The van der Waals surface area contributed by atoms with Gasteiger partial charge < -0.3 is 14.2 Å². The molecule has 0 fully saturated rings. The molecule has 0 spiro atoms. The lowest BCUT2D eigenvalue weighted by atomic mass is 10.2. The van der Waals surface area contributed by atoms with Crippen molar-refractivity contribution in [3.8, 4) is 17.2 Å². The molecule has 0 aliphatic carbocycles. The second-order valence-electron chi connectivity index (χ2n) is 3.94. The Hall–Kier alpha value is -1.87. The van der Waals surface area contributed by atoms with E-state index in [4.69, 9.17) is 25.8 Å². The first-order valence-electron chi connectivity index (χ1n) is 5.82. The van der Waals surface area contributed by atoms with Gasteiger partial charge in [0, 0.05) is 5.02 Å². The maximum Gasteiger partial charge on any atom is 0.161 e. The summed E-state index contributed by atoms with van der Waals surface area (Å²) in [5, 5.41) is 0.657. The molecular formula is C15H15ClO3. The summed E-state index contributed by atoms with van der Waals surface area (Å²) in [7, 11) is 3.22. The highest BCUT2D eigenvalue weighted by molar-refractivity contribution is 6.30. The van der Waals surface area contributed by atoms with Crippen molar-refractivity contribution < 1.29 is 14.2 Å². The Labute approximate surface area is 117 Å². The van der Waals surface area contributed by atoms with Crippen LogP contribution in [0.25, 0.3) is 0 Å². The zero-order valence-corrected chi connectivity index (χ0v) is 11.6.